The fraction of sp³-hybridized carbons (Fsp3) is 0.395. The molecule has 5 aromatic heterocycles. The number of nitrogens with one attached hydrogen (secondary N) is 2. The summed E-state index contributed by atoms with van der Waals surface area (Å²) in [6, 6.07) is 21.1. The van der Waals surface area contributed by atoms with Crippen molar-refractivity contribution in [1.29, 1.82) is 0 Å². The quantitative estimate of drug-likeness (QED) is 0.0860. The molecule has 2 atom stereocenters. The zero-order valence-electron chi connectivity index (χ0n) is 30.4. The van der Waals surface area contributed by atoms with Crippen LogP contribution >= 0.6 is 56.7 Å². The van der Waals surface area contributed by atoms with E-state index in [0.29, 0.717) is 5.92 Å². The van der Waals surface area contributed by atoms with Crippen LogP contribution in [0.25, 0.3) is 61.5 Å². The van der Waals surface area contributed by atoms with Crippen LogP contribution < -0.4 is 10.6 Å². The van der Waals surface area contributed by atoms with E-state index in [2.05, 4.69) is 106 Å². The second-order valence-electron chi connectivity index (χ2n) is 13.5. The van der Waals surface area contributed by atoms with Crippen LogP contribution in [0.5, 0.6) is 0 Å². The molecule has 0 fully saturated rings. The van der Waals surface area contributed by atoms with E-state index in [1.807, 2.05) is 63.7 Å². The maximum Gasteiger partial charge on any atom is 0.0502 e. The van der Waals surface area contributed by atoms with E-state index in [4.69, 9.17) is 0 Å². The largest absolute Gasteiger partial charge is 0.387 e. The van der Waals surface area contributed by atoms with Crippen molar-refractivity contribution in [3.63, 3.8) is 0 Å². The summed E-state index contributed by atoms with van der Waals surface area (Å²) in [5.41, 5.74) is 3.43. The van der Waals surface area contributed by atoms with Gasteiger partial charge in [0.05, 0.1) is 9.75 Å². The average Bonchev–Trinajstić information content (AvgIpc) is 3.97. The Morgan fingerprint density at radius 2 is 1.30 bits per heavy atom. The van der Waals surface area contributed by atoms with E-state index in [1.165, 1.54) is 123 Å². The van der Waals surface area contributed by atoms with Gasteiger partial charge in [-0.3, -0.25) is 0 Å². The van der Waals surface area contributed by atoms with Crippen molar-refractivity contribution in [3.05, 3.63) is 82.4 Å². The molecule has 2 nitrogen and oxygen atoms in total. The summed E-state index contributed by atoms with van der Waals surface area (Å²) in [7, 11) is 1.94. The summed E-state index contributed by atoms with van der Waals surface area (Å²) in [4.78, 5) is 10.6. The second kappa shape index (κ2) is 17.2. The van der Waals surface area contributed by atoms with Crippen LogP contribution in [0.15, 0.2) is 67.8 Å². The summed E-state index contributed by atoms with van der Waals surface area (Å²) in [5.74, 6) is 1.47. The third kappa shape index (κ3) is 8.34. The molecule has 5 heterocycles. The highest BCUT2D eigenvalue weighted by atomic mass is 32.1. The van der Waals surface area contributed by atoms with Gasteiger partial charge in [0.2, 0.25) is 0 Å². The number of thiophene rings is 5. The van der Waals surface area contributed by atoms with Gasteiger partial charge in [-0.15, -0.1) is 56.7 Å². The van der Waals surface area contributed by atoms with Gasteiger partial charge in [-0.25, -0.2) is 0 Å². The van der Waals surface area contributed by atoms with Crippen LogP contribution in [-0.4, -0.2) is 13.6 Å². The number of hydrogen-bond acceptors (Lipinski definition) is 7. The van der Waals surface area contributed by atoms with Gasteiger partial charge in [0.15, 0.2) is 0 Å². The molecule has 0 bridgehead atoms. The lowest BCUT2D eigenvalue weighted by Crippen LogP contribution is -2.20. The molecule has 50 heavy (non-hydrogen) atoms. The Balaban J connectivity index is 1.36. The first kappa shape index (κ1) is 37.1. The molecule has 6 rings (SSSR count). The second-order valence-corrected chi connectivity index (χ2v) is 19.0. The van der Waals surface area contributed by atoms with Crippen molar-refractivity contribution in [2.24, 2.45) is 11.8 Å². The minimum atomic E-state index is 0.707. The number of unbranched alkanes of at least 4 members (excludes halogenated alkanes) is 2. The highest BCUT2D eigenvalue weighted by Gasteiger charge is 2.20. The molecule has 2 unspecified atom stereocenters. The van der Waals surface area contributed by atoms with Crippen molar-refractivity contribution in [2.45, 2.75) is 85.5 Å². The smallest absolute Gasteiger partial charge is 0.0502 e. The predicted octanol–water partition coefficient (Wildman–Crippen LogP) is 15.0. The molecular weight excluding hydrogens is 705 g/mol. The lowest BCUT2D eigenvalue weighted by molar-refractivity contribution is 0.443. The molecule has 0 amide bonds. The van der Waals surface area contributed by atoms with Crippen LogP contribution in [0.1, 0.15) is 93.7 Å². The minimum absolute atomic E-state index is 0.707. The summed E-state index contributed by atoms with van der Waals surface area (Å²) in [5, 5.41) is 9.60. The summed E-state index contributed by atoms with van der Waals surface area (Å²) < 4.78 is 2.75. The topological polar surface area (TPSA) is 24.1 Å². The van der Waals surface area contributed by atoms with Crippen LogP contribution in [0, 0.1) is 11.8 Å². The Labute approximate surface area is 320 Å². The summed E-state index contributed by atoms with van der Waals surface area (Å²) in [6.45, 7) is 18.9. The van der Waals surface area contributed by atoms with E-state index in [-0.39, 0.29) is 0 Å². The van der Waals surface area contributed by atoms with E-state index in [0.717, 1.165) is 23.9 Å². The molecule has 264 valence electrons. The first-order valence-electron chi connectivity index (χ1n) is 18.4. The molecule has 0 radical (unpaired) electrons. The SMILES string of the molecule is C=C(NCC(CC)CCCC)c1ccc(-c2cc3c(-c4ccc(CC(CC)CCCC)s4)c4sc(-c5ccc(C(=C)NC)s5)cc4cc3s2)s1. The molecule has 1 aromatic carbocycles. The Bertz CT molecular complexity index is 2040. The van der Waals surface area contributed by atoms with E-state index >= 15 is 0 Å². The Hall–Kier alpha value is -2.68. The standard InChI is InChI=1S/C43H52N2S5/c1-8-12-14-29(10-3)22-32-16-17-38(46-32)42-33-25-41(37-21-19-35(48-37)28(6)45-26-30(11-4)15-13-9-2)49-39(33)23-31-24-40(50-43(31)42)36-20-18-34(47-36)27(5)44-7/h16-21,23-25,29-30,44-45H,5-6,8-15,22,26H2,1-4,7H3. The van der Waals surface area contributed by atoms with Gasteiger partial charge >= 0.3 is 0 Å². The first-order valence-corrected chi connectivity index (χ1v) is 22.5. The van der Waals surface area contributed by atoms with Crippen molar-refractivity contribution < 1.29 is 0 Å². The predicted molar refractivity (Wildman–Crippen MR) is 233 cm³/mol. The number of benzene rings is 1. The molecule has 0 aliphatic rings. The molecule has 0 saturated heterocycles. The van der Waals surface area contributed by atoms with Gasteiger partial charge in [-0.05, 0) is 84.7 Å². The first-order chi connectivity index (χ1) is 24.3. The molecular formula is C43H52N2S5. The van der Waals surface area contributed by atoms with Crippen molar-refractivity contribution >= 4 is 88.3 Å². The monoisotopic (exact) mass is 756 g/mol. The van der Waals surface area contributed by atoms with Crippen molar-refractivity contribution in [3.8, 4) is 29.9 Å². The maximum atomic E-state index is 4.44. The van der Waals surface area contributed by atoms with Crippen molar-refractivity contribution in [2.75, 3.05) is 13.6 Å². The molecule has 0 aliphatic carbocycles. The third-order valence-corrected chi connectivity index (χ3v) is 16.0. The Kier molecular flexibility index (Phi) is 12.8. The Morgan fingerprint density at radius 1 is 0.660 bits per heavy atom. The molecule has 2 N–H and O–H groups in total. The van der Waals surface area contributed by atoms with Gasteiger partial charge in [0, 0.05) is 74.6 Å². The number of hydrogen-bond donors (Lipinski definition) is 2. The minimum Gasteiger partial charge on any atom is -0.387 e. The van der Waals surface area contributed by atoms with Gasteiger partial charge in [0.1, 0.15) is 0 Å². The summed E-state index contributed by atoms with van der Waals surface area (Å²) in [6.07, 6.45) is 11.4. The zero-order chi connectivity index (χ0) is 35.2. The maximum absolute atomic E-state index is 4.44. The average molecular weight is 757 g/mol. The van der Waals surface area contributed by atoms with Crippen LogP contribution in [0.4, 0.5) is 0 Å². The van der Waals surface area contributed by atoms with Gasteiger partial charge in [-0.1, -0.05) is 85.8 Å². The van der Waals surface area contributed by atoms with Gasteiger partial charge in [0.25, 0.3) is 0 Å². The highest BCUT2D eigenvalue weighted by molar-refractivity contribution is 7.28. The molecule has 6 aromatic rings. The summed E-state index contributed by atoms with van der Waals surface area (Å²) >= 11 is 9.56. The van der Waals surface area contributed by atoms with E-state index in [1.54, 1.807) is 0 Å². The molecule has 7 heteroatoms. The molecule has 0 aliphatic heterocycles. The van der Waals surface area contributed by atoms with Gasteiger partial charge < -0.3 is 10.6 Å². The number of fused-ring (bicyclic) bond motifs is 2. The molecule has 0 spiro atoms. The lowest BCUT2D eigenvalue weighted by Gasteiger charge is -2.16. The number of rotatable bonds is 19. The third-order valence-electron chi connectivity index (χ3n) is 9.99. The van der Waals surface area contributed by atoms with E-state index in [9.17, 15) is 0 Å². The van der Waals surface area contributed by atoms with Crippen LogP contribution in [0.2, 0.25) is 0 Å². The fourth-order valence-corrected chi connectivity index (χ4v) is 12.4. The van der Waals surface area contributed by atoms with E-state index < -0.39 is 0 Å². The zero-order valence-corrected chi connectivity index (χ0v) is 34.5. The van der Waals surface area contributed by atoms with Crippen LogP contribution in [0.3, 0.4) is 0 Å². The Morgan fingerprint density at radius 3 is 1.96 bits per heavy atom. The highest BCUT2D eigenvalue weighted by Crippen LogP contribution is 2.50. The normalized spacial score (nSPS) is 12.9. The lowest BCUT2D eigenvalue weighted by atomic mass is 9.95. The van der Waals surface area contributed by atoms with Gasteiger partial charge in [-0.2, -0.15) is 0 Å². The van der Waals surface area contributed by atoms with Crippen molar-refractivity contribution in [1.82, 2.24) is 10.6 Å². The fourth-order valence-electron chi connectivity index (χ4n) is 6.70. The van der Waals surface area contributed by atoms with Crippen LogP contribution in [-0.2, 0) is 6.42 Å². The molecule has 0 saturated carbocycles.